The van der Waals surface area contributed by atoms with Gasteiger partial charge in [0.15, 0.2) is 6.10 Å². The summed E-state index contributed by atoms with van der Waals surface area (Å²) in [5.74, 6) is -0.576. The van der Waals surface area contributed by atoms with Crippen LogP contribution < -0.4 is 0 Å². The van der Waals surface area contributed by atoms with Crippen LogP contribution in [0.25, 0.3) is 0 Å². The van der Waals surface area contributed by atoms with E-state index in [0.29, 0.717) is 12.8 Å². The Morgan fingerprint density at radius 3 is 0.783 bits per heavy atom. The molecule has 1 atom stereocenters. The molecule has 0 heterocycles. The van der Waals surface area contributed by atoms with Crippen LogP contribution in [-0.4, -0.2) is 36.4 Å². The molecule has 0 aliphatic heterocycles. The van der Waals surface area contributed by atoms with E-state index in [9.17, 15) is 14.7 Å². The number of hydrogen-bond acceptors (Lipinski definition) is 5. The fraction of sp³-hybridized carbons (Fsp3) is 0.906. The van der Waals surface area contributed by atoms with Gasteiger partial charge in [-0.3, -0.25) is 9.59 Å². The smallest absolute Gasteiger partial charge is 0.306 e. The molecule has 0 aromatic rings. The average Bonchev–Trinajstić information content (AvgIpc) is 3.35. The molecule has 0 saturated carbocycles. The summed E-state index contributed by atoms with van der Waals surface area (Å²) < 4.78 is 10.7. The van der Waals surface area contributed by atoms with Gasteiger partial charge < -0.3 is 14.6 Å². The lowest BCUT2D eigenvalue weighted by Gasteiger charge is -2.15. The number of esters is 2. The van der Waals surface area contributed by atoms with Gasteiger partial charge in [0.2, 0.25) is 0 Å². The lowest BCUT2D eigenvalue weighted by atomic mass is 10.0. The van der Waals surface area contributed by atoms with Gasteiger partial charge in [-0.05, 0) is 64.2 Å². The van der Waals surface area contributed by atoms with Crippen molar-refractivity contribution in [1.82, 2.24) is 0 Å². The molecule has 0 aromatic carbocycles. The van der Waals surface area contributed by atoms with Gasteiger partial charge in [-0.1, -0.05) is 301 Å². The number of unbranched alkanes of at least 4 members (excludes halogenated alkanes) is 47. The predicted octanol–water partition coefficient (Wildman–Crippen LogP) is 21.3. The zero-order valence-electron chi connectivity index (χ0n) is 46.9. The van der Waals surface area contributed by atoms with Gasteiger partial charge in [-0.25, -0.2) is 0 Å². The first-order valence-electron chi connectivity index (χ1n) is 31.4. The van der Waals surface area contributed by atoms with Crippen molar-refractivity contribution in [3.63, 3.8) is 0 Å². The van der Waals surface area contributed by atoms with Crippen LogP contribution in [0.4, 0.5) is 0 Å². The van der Waals surface area contributed by atoms with E-state index in [4.69, 9.17) is 9.47 Å². The molecule has 0 bridgehead atoms. The number of rotatable bonds is 59. The van der Waals surface area contributed by atoms with Crippen molar-refractivity contribution in [1.29, 1.82) is 0 Å². The standard InChI is InChI=1S/C64H122O5/c1-3-5-7-9-11-13-15-17-19-21-23-24-25-26-27-28-29-30-31-32-33-34-35-36-37-38-39-40-41-43-45-47-49-51-53-55-57-59-64(67)69-62(60-65)61-68-63(66)58-56-54-52-50-48-46-44-42-22-20-18-16-14-12-10-8-6-4-2/h20-23,62,65H,3-19,24-61H2,1-2H3/b22-20-,23-21-. The van der Waals surface area contributed by atoms with Crippen LogP contribution in [0.15, 0.2) is 24.3 Å². The second kappa shape index (κ2) is 60.7. The first-order chi connectivity index (χ1) is 34.1. The number of hydrogen-bond donors (Lipinski definition) is 1. The van der Waals surface area contributed by atoms with Crippen LogP contribution in [-0.2, 0) is 19.1 Å². The Balaban J connectivity index is 3.37. The minimum atomic E-state index is -0.770. The van der Waals surface area contributed by atoms with Gasteiger partial charge in [-0.15, -0.1) is 0 Å². The molecule has 0 aromatic heterocycles. The Morgan fingerprint density at radius 2 is 0.536 bits per heavy atom. The van der Waals surface area contributed by atoms with E-state index < -0.39 is 6.10 Å². The maximum Gasteiger partial charge on any atom is 0.306 e. The highest BCUT2D eigenvalue weighted by Gasteiger charge is 2.16. The Morgan fingerprint density at radius 1 is 0.319 bits per heavy atom. The van der Waals surface area contributed by atoms with Crippen LogP contribution in [0.2, 0.25) is 0 Å². The highest BCUT2D eigenvalue weighted by atomic mass is 16.6. The van der Waals surface area contributed by atoms with E-state index in [2.05, 4.69) is 38.2 Å². The first-order valence-corrected chi connectivity index (χ1v) is 31.4. The molecule has 1 N–H and O–H groups in total. The summed E-state index contributed by atoms with van der Waals surface area (Å²) >= 11 is 0. The number of aliphatic hydroxyl groups is 1. The van der Waals surface area contributed by atoms with Crippen molar-refractivity contribution < 1.29 is 24.2 Å². The van der Waals surface area contributed by atoms with E-state index in [1.54, 1.807) is 0 Å². The van der Waals surface area contributed by atoms with Gasteiger partial charge in [0.05, 0.1) is 6.61 Å². The fourth-order valence-electron chi connectivity index (χ4n) is 9.73. The molecule has 0 rings (SSSR count). The second-order valence-corrected chi connectivity index (χ2v) is 21.5. The van der Waals surface area contributed by atoms with Gasteiger partial charge in [0, 0.05) is 12.8 Å². The number of aliphatic hydroxyl groups excluding tert-OH is 1. The molecule has 5 nitrogen and oxygen atoms in total. The van der Waals surface area contributed by atoms with Crippen molar-refractivity contribution in [2.24, 2.45) is 0 Å². The molecule has 0 aliphatic rings. The predicted molar refractivity (Wildman–Crippen MR) is 302 cm³/mol. The van der Waals surface area contributed by atoms with E-state index in [-0.39, 0.29) is 25.2 Å². The zero-order chi connectivity index (χ0) is 49.9. The summed E-state index contributed by atoms with van der Waals surface area (Å²) in [5, 5.41) is 9.66. The number of carbonyl (C=O) groups excluding carboxylic acids is 2. The molecule has 1 unspecified atom stereocenters. The molecule has 0 radical (unpaired) electrons. The summed E-state index contributed by atoms with van der Waals surface area (Å²) in [4.78, 5) is 24.5. The topological polar surface area (TPSA) is 72.8 Å². The number of carbonyl (C=O) groups is 2. The highest BCUT2D eigenvalue weighted by Crippen LogP contribution is 2.18. The fourth-order valence-corrected chi connectivity index (χ4v) is 9.73. The SMILES string of the molecule is CCCCCCCCC/C=C\CCCCCCCCCC(=O)OCC(CO)OC(=O)CCCCCCCCCCCCCCCCCCCCCCCCCCC/C=C\CCCCCCCCCC. The average molecular weight is 972 g/mol. The monoisotopic (exact) mass is 971 g/mol. The Hall–Kier alpha value is -1.62. The molecule has 0 aliphatic carbocycles. The molecule has 5 heteroatoms. The Labute approximate surface area is 432 Å². The van der Waals surface area contributed by atoms with Crippen LogP contribution in [0.5, 0.6) is 0 Å². The van der Waals surface area contributed by atoms with Crippen molar-refractivity contribution in [3.05, 3.63) is 24.3 Å². The number of ether oxygens (including phenoxy) is 2. The van der Waals surface area contributed by atoms with Gasteiger partial charge in [0.25, 0.3) is 0 Å². The van der Waals surface area contributed by atoms with Crippen LogP contribution in [0.1, 0.15) is 354 Å². The molecule has 0 fully saturated rings. The summed E-state index contributed by atoms with van der Waals surface area (Å²) in [6.07, 6.45) is 77.7. The third-order valence-corrected chi connectivity index (χ3v) is 14.5. The second-order valence-electron chi connectivity index (χ2n) is 21.5. The van der Waals surface area contributed by atoms with E-state index in [1.165, 1.54) is 289 Å². The zero-order valence-corrected chi connectivity index (χ0v) is 46.9. The van der Waals surface area contributed by atoms with Crippen molar-refractivity contribution in [2.45, 2.75) is 360 Å². The quantitative estimate of drug-likeness (QED) is 0.0373. The van der Waals surface area contributed by atoms with Crippen molar-refractivity contribution in [3.8, 4) is 0 Å². The van der Waals surface area contributed by atoms with Crippen LogP contribution >= 0.6 is 0 Å². The Bertz CT molecular complexity index is 1050. The van der Waals surface area contributed by atoms with E-state index >= 15 is 0 Å². The minimum absolute atomic E-state index is 0.0622. The van der Waals surface area contributed by atoms with Gasteiger partial charge in [0.1, 0.15) is 6.61 Å². The molecule has 408 valence electrons. The van der Waals surface area contributed by atoms with Crippen LogP contribution in [0.3, 0.4) is 0 Å². The number of allylic oxidation sites excluding steroid dienone is 4. The molecule has 0 amide bonds. The molecule has 0 spiro atoms. The highest BCUT2D eigenvalue weighted by molar-refractivity contribution is 5.70. The van der Waals surface area contributed by atoms with Gasteiger partial charge >= 0.3 is 11.9 Å². The van der Waals surface area contributed by atoms with E-state index in [1.807, 2.05) is 0 Å². The third kappa shape index (κ3) is 58.8. The maximum absolute atomic E-state index is 12.3. The third-order valence-electron chi connectivity index (χ3n) is 14.5. The van der Waals surface area contributed by atoms with E-state index in [0.717, 1.165) is 38.5 Å². The first kappa shape index (κ1) is 67.4. The summed E-state index contributed by atoms with van der Waals surface area (Å²) in [6, 6.07) is 0. The molecular weight excluding hydrogens is 849 g/mol. The van der Waals surface area contributed by atoms with Crippen molar-refractivity contribution >= 4 is 11.9 Å². The van der Waals surface area contributed by atoms with Crippen molar-refractivity contribution in [2.75, 3.05) is 13.2 Å². The maximum atomic E-state index is 12.3. The molecular formula is C64H122O5. The summed E-state index contributed by atoms with van der Waals surface area (Å²) in [6.45, 7) is 4.18. The van der Waals surface area contributed by atoms with Gasteiger partial charge in [-0.2, -0.15) is 0 Å². The normalized spacial score (nSPS) is 12.2. The largest absolute Gasteiger partial charge is 0.462 e. The lowest BCUT2D eigenvalue weighted by Crippen LogP contribution is -2.28. The summed E-state index contributed by atoms with van der Waals surface area (Å²) in [7, 11) is 0. The molecule has 0 saturated heterocycles. The Kier molecular flexibility index (Phi) is 59.3. The minimum Gasteiger partial charge on any atom is -0.462 e. The summed E-state index contributed by atoms with van der Waals surface area (Å²) in [5.41, 5.74) is 0. The molecule has 69 heavy (non-hydrogen) atoms. The lowest BCUT2D eigenvalue weighted by molar-refractivity contribution is -0.161. The van der Waals surface area contributed by atoms with Crippen LogP contribution in [0, 0.1) is 0 Å².